The number of nitrogens with zero attached hydrogens (tertiary/aromatic N) is 1. The summed E-state index contributed by atoms with van der Waals surface area (Å²) in [7, 11) is 1.52. The lowest BCUT2D eigenvalue weighted by atomic mass is 9.91. The van der Waals surface area contributed by atoms with Crippen LogP contribution >= 0.6 is 0 Å². The van der Waals surface area contributed by atoms with Crippen LogP contribution in [-0.2, 0) is 9.53 Å². The Labute approximate surface area is 108 Å². The van der Waals surface area contributed by atoms with E-state index in [1.165, 1.54) is 12.7 Å². The quantitative estimate of drug-likeness (QED) is 0.882. The highest BCUT2D eigenvalue weighted by molar-refractivity contribution is 5.97. The summed E-state index contributed by atoms with van der Waals surface area (Å²) < 4.78 is 5.14. The number of rotatable bonds is 3. The lowest BCUT2D eigenvalue weighted by molar-refractivity contribution is -0.127. The Bertz CT molecular complexity index is 430. The van der Waals surface area contributed by atoms with Crippen LogP contribution in [0, 0.1) is 0 Å². The third-order valence-corrected chi connectivity index (χ3v) is 3.58. The van der Waals surface area contributed by atoms with E-state index in [2.05, 4.69) is 13.0 Å². The third kappa shape index (κ3) is 2.26. The number of fused-ring (bicyclic) bond motifs is 1. The van der Waals surface area contributed by atoms with Gasteiger partial charge in [-0.3, -0.25) is 4.79 Å². The molecule has 1 aliphatic heterocycles. The van der Waals surface area contributed by atoms with Crippen LogP contribution in [0.15, 0.2) is 24.3 Å². The highest BCUT2D eigenvalue weighted by Gasteiger charge is 2.30. The van der Waals surface area contributed by atoms with Gasteiger partial charge in [0.1, 0.15) is 6.10 Å². The Balaban J connectivity index is 2.31. The maximum absolute atomic E-state index is 12.4. The van der Waals surface area contributed by atoms with E-state index in [-0.39, 0.29) is 12.5 Å². The molecule has 98 valence electrons. The number of benzene rings is 1. The molecule has 1 aromatic rings. The maximum atomic E-state index is 12.4. The van der Waals surface area contributed by atoms with Crippen molar-refractivity contribution in [3.8, 4) is 0 Å². The van der Waals surface area contributed by atoms with Crippen LogP contribution in [0.2, 0.25) is 0 Å². The van der Waals surface area contributed by atoms with E-state index in [4.69, 9.17) is 10.5 Å². The van der Waals surface area contributed by atoms with E-state index < -0.39 is 6.10 Å². The molecule has 1 amide bonds. The van der Waals surface area contributed by atoms with Crippen molar-refractivity contribution in [1.29, 1.82) is 0 Å². The molecular formula is C14H20N2O2. The van der Waals surface area contributed by atoms with Crippen molar-refractivity contribution >= 4 is 11.6 Å². The van der Waals surface area contributed by atoms with Crippen LogP contribution in [0.5, 0.6) is 0 Å². The van der Waals surface area contributed by atoms with Gasteiger partial charge in [0, 0.05) is 25.9 Å². The average Bonchev–Trinajstić information content (AvgIpc) is 2.41. The van der Waals surface area contributed by atoms with Gasteiger partial charge in [0.2, 0.25) is 0 Å². The molecule has 2 unspecified atom stereocenters. The molecule has 1 aromatic carbocycles. The zero-order valence-corrected chi connectivity index (χ0v) is 10.9. The standard InChI is InChI=1S/C14H20N2O2/c1-10-7-8-16(14(17)13(9-15)18-2)12-6-4-3-5-11(10)12/h3-6,10,13H,7-9,15H2,1-2H3. The summed E-state index contributed by atoms with van der Waals surface area (Å²) in [6.07, 6.45) is 0.426. The van der Waals surface area contributed by atoms with Crippen LogP contribution < -0.4 is 10.6 Å². The molecule has 0 spiro atoms. The average molecular weight is 248 g/mol. The molecule has 0 radical (unpaired) electrons. The number of carbonyl (C=O) groups is 1. The number of carbonyl (C=O) groups excluding carboxylic acids is 1. The molecular weight excluding hydrogens is 228 g/mol. The maximum Gasteiger partial charge on any atom is 0.257 e. The molecule has 18 heavy (non-hydrogen) atoms. The fourth-order valence-corrected chi connectivity index (χ4v) is 2.45. The smallest absolute Gasteiger partial charge is 0.257 e. The Morgan fingerprint density at radius 1 is 1.56 bits per heavy atom. The zero-order chi connectivity index (χ0) is 13.1. The second kappa shape index (κ2) is 5.50. The van der Waals surface area contributed by atoms with Gasteiger partial charge >= 0.3 is 0 Å². The minimum Gasteiger partial charge on any atom is -0.370 e. The molecule has 0 aliphatic carbocycles. The van der Waals surface area contributed by atoms with Gasteiger partial charge in [0.05, 0.1) is 0 Å². The summed E-state index contributed by atoms with van der Waals surface area (Å²) in [5, 5.41) is 0. The lowest BCUT2D eigenvalue weighted by Gasteiger charge is -2.34. The van der Waals surface area contributed by atoms with E-state index in [0.717, 1.165) is 18.7 Å². The summed E-state index contributed by atoms with van der Waals surface area (Å²) in [5.74, 6) is 0.448. The summed E-state index contributed by atoms with van der Waals surface area (Å²) in [6.45, 7) is 3.14. The Morgan fingerprint density at radius 3 is 2.94 bits per heavy atom. The molecule has 0 saturated heterocycles. The minimum atomic E-state index is -0.550. The van der Waals surface area contributed by atoms with Crippen LogP contribution in [0.3, 0.4) is 0 Å². The van der Waals surface area contributed by atoms with Gasteiger partial charge in [-0.2, -0.15) is 0 Å². The Hall–Kier alpha value is -1.39. The number of hydrogen-bond donors (Lipinski definition) is 1. The monoisotopic (exact) mass is 248 g/mol. The third-order valence-electron chi connectivity index (χ3n) is 3.58. The zero-order valence-electron chi connectivity index (χ0n) is 10.9. The van der Waals surface area contributed by atoms with Crippen molar-refractivity contribution in [1.82, 2.24) is 0 Å². The number of nitrogens with two attached hydrogens (primary N) is 1. The van der Waals surface area contributed by atoms with Crippen molar-refractivity contribution in [2.24, 2.45) is 5.73 Å². The number of methoxy groups -OCH3 is 1. The first-order valence-electron chi connectivity index (χ1n) is 6.32. The van der Waals surface area contributed by atoms with E-state index in [9.17, 15) is 4.79 Å². The second-order valence-corrected chi connectivity index (χ2v) is 4.70. The van der Waals surface area contributed by atoms with Crippen molar-refractivity contribution in [2.75, 3.05) is 25.1 Å². The predicted molar refractivity (Wildman–Crippen MR) is 71.7 cm³/mol. The highest BCUT2D eigenvalue weighted by atomic mass is 16.5. The Morgan fingerprint density at radius 2 is 2.28 bits per heavy atom. The van der Waals surface area contributed by atoms with Gasteiger partial charge in [-0.1, -0.05) is 25.1 Å². The molecule has 0 bridgehead atoms. The molecule has 1 aliphatic rings. The second-order valence-electron chi connectivity index (χ2n) is 4.70. The fraction of sp³-hybridized carbons (Fsp3) is 0.500. The molecule has 0 aromatic heterocycles. The first kappa shape index (κ1) is 13.1. The first-order chi connectivity index (χ1) is 8.69. The molecule has 0 saturated carbocycles. The van der Waals surface area contributed by atoms with Gasteiger partial charge in [-0.15, -0.1) is 0 Å². The SMILES string of the molecule is COC(CN)C(=O)N1CCC(C)c2ccccc21. The Kier molecular flexibility index (Phi) is 3.99. The number of anilines is 1. The van der Waals surface area contributed by atoms with Crippen molar-refractivity contribution in [3.05, 3.63) is 29.8 Å². The first-order valence-corrected chi connectivity index (χ1v) is 6.32. The summed E-state index contributed by atoms with van der Waals surface area (Å²) in [5.41, 5.74) is 7.79. The highest BCUT2D eigenvalue weighted by Crippen LogP contribution is 2.34. The van der Waals surface area contributed by atoms with Gasteiger partial charge in [-0.05, 0) is 24.0 Å². The number of ether oxygens (including phenoxy) is 1. The summed E-state index contributed by atoms with van der Waals surface area (Å²) >= 11 is 0. The molecule has 2 atom stereocenters. The number of hydrogen-bond acceptors (Lipinski definition) is 3. The molecule has 1 heterocycles. The van der Waals surface area contributed by atoms with Gasteiger partial charge in [0.25, 0.3) is 5.91 Å². The summed E-state index contributed by atoms with van der Waals surface area (Å²) in [6, 6.07) is 8.05. The van der Waals surface area contributed by atoms with E-state index in [1.54, 1.807) is 4.90 Å². The summed E-state index contributed by atoms with van der Waals surface area (Å²) in [4.78, 5) is 14.2. The topological polar surface area (TPSA) is 55.6 Å². The fourth-order valence-electron chi connectivity index (χ4n) is 2.45. The van der Waals surface area contributed by atoms with Crippen molar-refractivity contribution in [2.45, 2.75) is 25.4 Å². The van der Waals surface area contributed by atoms with Crippen LogP contribution in [0.1, 0.15) is 24.8 Å². The van der Waals surface area contributed by atoms with Gasteiger partial charge in [-0.25, -0.2) is 0 Å². The van der Waals surface area contributed by atoms with Gasteiger partial charge in [0.15, 0.2) is 0 Å². The molecule has 4 nitrogen and oxygen atoms in total. The van der Waals surface area contributed by atoms with Crippen LogP contribution in [0.25, 0.3) is 0 Å². The van der Waals surface area contributed by atoms with Crippen LogP contribution in [0.4, 0.5) is 5.69 Å². The van der Waals surface area contributed by atoms with Gasteiger partial charge < -0.3 is 15.4 Å². The largest absolute Gasteiger partial charge is 0.370 e. The van der Waals surface area contributed by atoms with Crippen LogP contribution in [-0.4, -0.2) is 32.2 Å². The number of para-hydroxylation sites is 1. The van der Waals surface area contributed by atoms with E-state index in [0.29, 0.717) is 5.92 Å². The van der Waals surface area contributed by atoms with E-state index >= 15 is 0 Å². The predicted octanol–water partition coefficient (Wildman–Crippen LogP) is 1.50. The van der Waals surface area contributed by atoms with E-state index in [1.807, 2.05) is 18.2 Å². The number of amides is 1. The van der Waals surface area contributed by atoms with Crippen molar-refractivity contribution < 1.29 is 9.53 Å². The van der Waals surface area contributed by atoms with Crippen molar-refractivity contribution in [3.63, 3.8) is 0 Å². The minimum absolute atomic E-state index is 0.0423. The lowest BCUT2D eigenvalue weighted by Crippen LogP contribution is -2.46. The molecule has 2 rings (SSSR count). The normalized spacial score (nSPS) is 20.4. The molecule has 0 fully saturated rings. The molecule has 4 heteroatoms. The molecule has 2 N–H and O–H groups in total.